The van der Waals surface area contributed by atoms with E-state index in [1.165, 1.54) is 57.3 Å². The van der Waals surface area contributed by atoms with E-state index in [4.69, 9.17) is 9.47 Å². The molecule has 0 heterocycles. The van der Waals surface area contributed by atoms with Gasteiger partial charge in [0.15, 0.2) is 0 Å². The van der Waals surface area contributed by atoms with Gasteiger partial charge in [-0.15, -0.1) is 0 Å². The van der Waals surface area contributed by atoms with Crippen LogP contribution in [0.4, 0.5) is 0 Å². The van der Waals surface area contributed by atoms with Crippen LogP contribution in [0.2, 0.25) is 0 Å². The zero-order valence-corrected chi connectivity index (χ0v) is 12.8. The second-order valence-corrected chi connectivity index (χ2v) is 4.94. The van der Waals surface area contributed by atoms with Crippen molar-refractivity contribution in [3.05, 3.63) is 25.5 Å². The molecule has 0 N–H and O–H groups in total. The molecule has 0 atom stereocenters. The molecule has 0 amide bonds. The minimum Gasteiger partial charge on any atom is -0.502 e. The van der Waals surface area contributed by atoms with Crippen molar-refractivity contribution in [1.29, 1.82) is 0 Å². The molecule has 3 nitrogen and oxygen atoms in total. The summed E-state index contributed by atoms with van der Waals surface area (Å²) < 4.78 is 9.99. The van der Waals surface area contributed by atoms with Gasteiger partial charge in [-0.1, -0.05) is 64.5 Å². The normalized spacial score (nSPS) is 10.0. The molecule has 0 saturated heterocycles. The summed E-state index contributed by atoms with van der Waals surface area (Å²) in [5.74, 6) is -0.316. The third-order valence-electron chi connectivity index (χ3n) is 3.19. The lowest BCUT2D eigenvalue weighted by Crippen LogP contribution is -2.01. The van der Waals surface area contributed by atoms with Crippen molar-refractivity contribution in [3.8, 4) is 0 Å². The maximum atomic E-state index is 10.8. The predicted octanol–water partition coefficient (Wildman–Crippen LogP) is 4.78. The highest BCUT2D eigenvalue weighted by atomic mass is 16.5. The van der Waals surface area contributed by atoms with Crippen LogP contribution in [-0.4, -0.2) is 19.2 Å². The summed E-state index contributed by atoms with van der Waals surface area (Å²) in [4.78, 5) is 10.8. The van der Waals surface area contributed by atoms with Crippen molar-refractivity contribution in [2.75, 3.05) is 13.2 Å². The van der Waals surface area contributed by atoms with E-state index in [-0.39, 0.29) is 5.97 Å². The largest absolute Gasteiger partial charge is 0.502 e. The molecular weight excluding hydrogens is 252 g/mol. The Kier molecular flexibility index (Phi) is 14.8. The molecule has 0 unspecified atom stereocenters. The molecule has 0 aliphatic heterocycles. The lowest BCUT2D eigenvalue weighted by Gasteiger charge is -2.03. The van der Waals surface area contributed by atoms with Gasteiger partial charge in [-0.05, 0) is 12.8 Å². The first-order valence-corrected chi connectivity index (χ1v) is 7.83. The van der Waals surface area contributed by atoms with E-state index < -0.39 is 0 Å². The fourth-order valence-corrected chi connectivity index (χ4v) is 2.02. The Hall–Kier alpha value is -1.25. The van der Waals surface area contributed by atoms with Crippen LogP contribution in [0.1, 0.15) is 64.2 Å². The lowest BCUT2D eigenvalue weighted by atomic mass is 10.1. The van der Waals surface area contributed by atoms with Gasteiger partial charge in [0.25, 0.3) is 0 Å². The fourth-order valence-electron chi connectivity index (χ4n) is 2.02. The maximum absolute atomic E-state index is 10.8. The molecule has 0 aromatic heterocycles. The summed E-state index contributed by atoms with van der Waals surface area (Å²) >= 11 is 0. The number of ether oxygens (including phenoxy) is 2. The molecule has 0 aliphatic carbocycles. The lowest BCUT2D eigenvalue weighted by molar-refractivity contribution is -0.137. The number of unbranched alkanes of at least 4 members (excludes halogenated alkanes) is 9. The van der Waals surface area contributed by atoms with E-state index in [1.807, 2.05) is 0 Å². The van der Waals surface area contributed by atoms with E-state index in [0.29, 0.717) is 6.61 Å². The monoisotopic (exact) mass is 282 g/mol. The third kappa shape index (κ3) is 14.8. The smallest absolute Gasteiger partial charge is 0.330 e. The highest BCUT2D eigenvalue weighted by Gasteiger charge is 1.96. The number of carbonyl (C=O) groups is 1. The second-order valence-electron chi connectivity index (χ2n) is 4.94. The second kappa shape index (κ2) is 15.8. The van der Waals surface area contributed by atoms with Crippen molar-refractivity contribution < 1.29 is 14.3 Å². The molecule has 0 rings (SSSR count). The van der Waals surface area contributed by atoms with E-state index in [2.05, 4.69) is 13.2 Å². The van der Waals surface area contributed by atoms with E-state index in [0.717, 1.165) is 25.9 Å². The molecule has 0 bridgehead atoms. The summed E-state index contributed by atoms with van der Waals surface area (Å²) in [6.45, 7) is 8.21. The highest BCUT2D eigenvalue weighted by molar-refractivity contribution is 5.81. The molecule has 0 radical (unpaired) electrons. The minimum absolute atomic E-state index is 0.316. The average Bonchev–Trinajstić information content (AvgIpc) is 2.47. The van der Waals surface area contributed by atoms with Crippen molar-refractivity contribution in [3.63, 3.8) is 0 Å². The molecule has 0 aromatic carbocycles. The van der Waals surface area contributed by atoms with Crippen LogP contribution in [-0.2, 0) is 14.3 Å². The van der Waals surface area contributed by atoms with Gasteiger partial charge >= 0.3 is 5.97 Å². The summed E-state index contributed by atoms with van der Waals surface area (Å²) in [6.07, 6.45) is 15.0. The minimum atomic E-state index is -0.316. The Morgan fingerprint density at radius 3 is 1.65 bits per heavy atom. The van der Waals surface area contributed by atoms with Crippen LogP contribution in [0.3, 0.4) is 0 Å². The molecule has 0 aromatic rings. The van der Waals surface area contributed by atoms with Crippen LogP contribution >= 0.6 is 0 Å². The zero-order valence-electron chi connectivity index (χ0n) is 12.8. The fraction of sp³-hybridized carbons (Fsp3) is 0.706. The van der Waals surface area contributed by atoms with Crippen LogP contribution < -0.4 is 0 Å². The van der Waals surface area contributed by atoms with E-state index >= 15 is 0 Å². The van der Waals surface area contributed by atoms with Gasteiger partial charge in [-0.3, -0.25) is 0 Å². The number of carbonyl (C=O) groups excluding carboxylic acids is 1. The van der Waals surface area contributed by atoms with Crippen LogP contribution in [0.5, 0.6) is 0 Å². The van der Waals surface area contributed by atoms with Gasteiger partial charge < -0.3 is 9.47 Å². The first-order chi connectivity index (χ1) is 9.81. The van der Waals surface area contributed by atoms with Gasteiger partial charge in [0.2, 0.25) is 0 Å². The highest BCUT2D eigenvalue weighted by Crippen LogP contribution is 2.10. The summed E-state index contributed by atoms with van der Waals surface area (Å²) in [7, 11) is 0. The van der Waals surface area contributed by atoms with Crippen LogP contribution in [0, 0.1) is 0 Å². The third-order valence-corrected chi connectivity index (χ3v) is 3.19. The average molecular weight is 282 g/mol. The number of hydrogen-bond donors (Lipinski definition) is 0. The van der Waals surface area contributed by atoms with Crippen molar-refractivity contribution >= 4 is 5.97 Å². The number of esters is 1. The van der Waals surface area contributed by atoms with E-state index in [1.54, 1.807) is 0 Å². The van der Waals surface area contributed by atoms with Gasteiger partial charge in [-0.2, -0.15) is 0 Å². The topological polar surface area (TPSA) is 35.5 Å². The molecule has 0 spiro atoms. The van der Waals surface area contributed by atoms with Gasteiger partial charge in [0, 0.05) is 6.08 Å². The Balaban J connectivity index is 3.00. The Morgan fingerprint density at radius 2 is 1.20 bits per heavy atom. The summed E-state index contributed by atoms with van der Waals surface area (Å²) in [5.41, 5.74) is 0. The molecule has 116 valence electrons. The molecule has 0 saturated carbocycles. The SMILES string of the molecule is C=COCCCCCCCCCCCCOC(=O)C=C. The Labute approximate surface area is 124 Å². The summed E-state index contributed by atoms with van der Waals surface area (Å²) in [5, 5.41) is 0. The number of hydrogen-bond acceptors (Lipinski definition) is 3. The van der Waals surface area contributed by atoms with Crippen LogP contribution in [0.15, 0.2) is 25.5 Å². The quantitative estimate of drug-likeness (QED) is 0.188. The molecule has 0 aliphatic rings. The molecule has 3 heteroatoms. The maximum Gasteiger partial charge on any atom is 0.330 e. The molecule has 0 fully saturated rings. The molecule has 20 heavy (non-hydrogen) atoms. The van der Waals surface area contributed by atoms with E-state index in [9.17, 15) is 4.79 Å². The first-order valence-electron chi connectivity index (χ1n) is 7.83. The molecular formula is C17H30O3. The summed E-state index contributed by atoms with van der Waals surface area (Å²) in [6, 6.07) is 0. The van der Waals surface area contributed by atoms with Crippen molar-refractivity contribution in [2.45, 2.75) is 64.2 Å². The zero-order chi connectivity index (χ0) is 14.9. The van der Waals surface area contributed by atoms with Crippen LogP contribution in [0.25, 0.3) is 0 Å². The van der Waals surface area contributed by atoms with Gasteiger partial charge in [0.05, 0.1) is 19.5 Å². The Morgan fingerprint density at radius 1 is 0.750 bits per heavy atom. The van der Waals surface area contributed by atoms with Gasteiger partial charge in [-0.25, -0.2) is 4.79 Å². The standard InChI is InChI=1S/C17H30O3/c1-3-17(18)20-16-14-12-10-8-6-5-7-9-11-13-15-19-4-2/h3-4H,1-2,5-16H2. The van der Waals surface area contributed by atoms with Gasteiger partial charge in [0.1, 0.15) is 0 Å². The first kappa shape index (κ1) is 18.8. The Bertz CT molecular complexity index is 249. The van der Waals surface area contributed by atoms with Crippen molar-refractivity contribution in [2.24, 2.45) is 0 Å². The van der Waals surface area contributed by atoms with Crippen molar-refractivity contribution in [1.82, 2.24) is 0 Å². The predicted molar refractivity (Wildman–Crippen MR) is 83.5 cm³/mol. The number of rotatable bonds is 15.